The SMILES string of the molecule is COc1ccc([C@H](CN=C2CC(=O)CC(C)(C)C2)[NH+]2CCCC2)cc1. The third-order valence-electron chi connectivity index (χ3n) is 5.51. The van der Waals surface area contributed by atoms with Crippen LogP contribution in [0.15, 0.2) is 29.3 Å². The lowest BCUT2D eigenvalue weighted by atomic mass is 9.76. The summed E-state index contributed by atoms with van der Waals surface area (Å²) in [5.41, 5.74) is 2.48. The topological polar surface area (TPSA) is 43.1 Å². The molecule has 1 heterocycles. The number of hydrogen-bond acceptors (Lipinski definition) is 3. The molecule has 2 aliphatic rings. The Morgan fingerprint density at radius 1 is 1.16 bits per heavy atom. The Morgan fingerprint density at radius 3 is 2.44 bits per heavy atom. The van der Waals surface area contributed by atoms with Crippen molar-refractivity contribution in [2.45, 2.75) is 52.0 Å². The standard InChI is InChI=1S/C21H30N2O2/c1-21(2)13-17(12-18(24)14-21)22-15-20(23-10-4-5-11-23)16-6-8-19(25-3)9-7-16/h6-9,20H,4-5,10-15H2,1-3H3/p+1/t20-/m0/s1. The third kappa shape index (κ3) is 4.69. The minimum Gasteiger partial charge on any atom is -0.497 e. The van der Waals surface area contributed by atoms with Crippen LogP contribution in [0.25, 0.3) is 0 Å². The molecule has 0 aromatic heterocycles. The van der Waals surface area contributed by atoms with Gasteiger partial charge in [0.15, 0.2) is 0 Å². The van der Waals surface area contributed by atoms with Crippen molar-refractivity contribution in [3.05, 3.63) is 29.8 Å². The third-order valence-corrected chi connectivity index (χ3v) is 5.51. The van der Waals surface area contributed by atoms with E-state index in [2.05, 4.69) is 26.0 Å². The van der Waals surface area contributed by atoms with Gasteiger partial charge in [-0.25, -0.2) is 0 Å². The number of ether oxygens (including phenoxy) is 1. The summed E-state index contributed by atoms with van der Waals surface area (Å²) >= 11 is 0. The van der Waals surface area contributed by atoms with Gasteiger partial charge in [0, 0.05) is 37.0 Å². The van der Waals surface area contributed by atoms with Crippen molar-refractivity contribution in [1.29, 1.82) is 0 Å². The normalized spacial score (nSPS) is 23.8. The van der Waals surface area contributed by atoms with Gasteiger partial charge < -0.3 is 9.64 Å². The molecule has 3 rings (SSSR count). The molecule has 0 amide bonds. The number of likely N-dealkylation sites (tertiary alicyclic amines) is 1. The maximum absolute atomic E-state index is 12.0. The van der Waals surface area contributed by atoms with Crippen molar-refractivity contribution in [3.8, 4) is 5.75 Å². The van der Waals surface area contributed by atoms with Crippen molar-refractivity contribution >= 4 is 11.5 Å². The second-order valence-electron chi connectivity index (χ2n) is 8.33. The summed E-state index contributed by atoms with van der Waals surface area (Å²) in [5.74, 6) is 1.23. The van der Waals surface area contributed by atoms with Crippen LogP contribution < -0.4 is 9.64 Å². The molecule has 0 bridgehead atoms. The van der Waals surface area contributed by atoms with Gasteiger partial charge in [0.05, 0.1) is 26.7 Å². The number of methoxy groups -OCH3 is 1. The van der Waals surface area contributed by atoms with E-state index in [9.17, 15) is 4.79 Å². The van der Waals surface area contributed by atoms with Gasteiger partial charge in [-0.1, -0.05) is 13.8 Å². The molecule has 1 atom stereocenters. The number of quaternary nitrogens is 1. The lowest BCUT2D eigenvalue weighted by Gasteiger charge is -2.30. The quantitative estimate of drug-likeness (QED) is 0.893. The Balaban J connectivity index is 1.77. The van der Waals surface area contributed by atoms with E-state index in [0.717, 1.165) is 24.4 Å². The van der Waals surface area contributed by atoms with Crippen molar-refractivity contribution in [1.82, 2.24) is 0 Å². The van der Waals surface area contributed by atoms with Crippen LogP contribution in [0.3, 0.4) is 0 Å². The Kier molecular flexibility index (Phi) is 5.57. The molecule has 1 saturated carbocycles. The molecule has 0 unspecified atom stereocenters. The van der Waals surface area contributed by atoms with Crippen molar-refractivity contribution in [2.75, 3.05) is 26.7 Å². The average Bonchev–Trinajstić information content (AvgIpc) is 3.08. The van der Waals surface area contributed by atoms with E-state index >= 15 is 0 Å². The molecule has 1 saturated heterocycles. The number of rotatable bonds is 5. The molecule has 1 N–H and O–H groups in total. The molecule has 1 aliphatic heterocycles. The van der Waals surface area contributed by atoms with E-state index in [1.165, 1.54) is 31.5 Å². The number of aliphatic imine (C=N–C) groups is 1. The maximum atomic E-state index is 12.0. The first-order chi connectivity index (χ1) is 12.0. The smallest absolute Gasteiger partial charge is 0.139 e. The molecule has 1 aliphatic carbocycles. The number of nitrogens with zero attached hydrogens (tertiary/aromatic N) is 1. The first-order valence-corrected chi connectivity index (χ1v) is 9.49. The highest BCUT2D eigenvalue weighted by Crippen LogP contribution is 2.32. The number of nitrogens with one attached hydrogen (secondary N) is 1. The molecular formula is C21H31N2O2+. The lowest BCUT2D eigenvalue weighted by Crippen LogP contribution is -3.10. The van der Waals surface area contributed by atoms with Gasteiger partial charge in [0.2, 0.25) is 0 Å². The highest BCUT2D eigenvalue weighted by atomic mass is 16.5. The number of hydrogen-bond donors (Lipinski definition) is 1. The summed E-state index contributed by atoms with van der Waals surface area (Å²) in [6.07, 6.45) is 4.77. The molecule has 136 valence electrons. The highest BCUT2D eigenvalue weighted by molar-refractivity contribution is 6.04. The minimum atomic E-state index is 0.0598. The monoisotopic (exact) mass is 343 g/mol. The number of carbonyl (C=O) groups is 1. The second kappa shape index (κ2) is 7.69. The molecule has 1 aromatic rings. The van der Waals surface area contributed by atoms with E-state index in [-0.39, 0.29) is 5.41 Å². The van der Waals surface area contributed by atoms with Crippen LogP contribution in [0.4, 0.5) is 0 Å². The van der Waals surface area contributed by atoms with Crippen LogP contribution in [0, 0.1) is 5.41 Å². The van der Waals surface area contributed by atoms with Gasteiger partial charge in [0.25, 0.3) is 0 Å². The van der Waals surface area contributed by atoms with E-state index in [0.29, 0.717) is 24.7 Å². The predicted octanol–water partition coefficient (Wildman–Crippen LogP) is 2.64. The van der Waals surface area contributed by atoms with Crippen molar-refractivity contribution in [3.63, 3.8) is 0 Å². The Bertz CT molecular complexity index is 628. The summed E-state index contributed by atoms with van der Waals surface area (Å²) in [6.45, 7) is 7.55. The second-order valence-corrected chi connectivity index (χ2v) is 8.33. The highest BCUT2D eigenvalue weighted by Gasteiger charge is 2.31. The van der Waals surface area contributed by atoms with E-state index < -0.39 is 0 Å². The summed E-state index contributed by atoms with van der Waals surface area (Å²) < 4.78 is 5.29. The Hall–Kier alpha value is -1.68. The van der Waals surface area contributed by atoms with E-state index in [1.807, 2.05) is 12.1 Å². The number of benzene rings is 1. The van der Waals surface area contributed by atoms with Crippen LogP contribution in [-0.2, 0) is 4.79 Å². The molecule has 4 heteroatoms. The average molecular weight is 343 g/mol. The summed E-state index contributed by atoms with van der Waals surface area (Å²) in [6, 6.07) is 8.80. The van der Waals surface area contributed by atoms with Crippen LogP contribution >= 0.6 is 0 Å². The Morgan fingerprint density at radius 2 is 1.84 bits per heavy atom. The van der Waals surface area contributed by atoms with Crippen molar-refractivity contribution in [2.24, 2.45) is 10.4 Å². The number of Topliss-reactive ketones (excluding diaryl/α,β-unsaturated/α-hetero) is 1. The fraction of sp³-hybridized carbons (Fsp3) is 0.619. The van der Waals surface area contributed by atoms with Crippen LogP contribution in [0.5, 0.6) is 5.75 Å². The van der Waals surface area contributed by atoms with Crippen LogP contribution in [0.1, 0.15) is 57.6 Å². The fourth-order valence-electron chi connectivity index (χ4n) is 4.32. The van der Waals surface area contributed by atoms with Gasteiger partial charge in [-0.3, -0.25) is 9.79 Å². The number of ketones is 1. The van der Waals surface area contributed by atoms with Gasteiger partial charge in [-0.2, -0.15) is 0 Å². The molecular weight excluding hydrogens is 312 g/mol. The molecule has 4 nitrogen and oxygen atoms in total. The Labute approximate surface area is 151 Å². The molecule has 25 heavy (non-hydrogen) atoms. The van der Waals surface area contributed by atoms with Crippen LogP contribution in [0.2, 0.25) is 0 Å². The minimum absolute atomic E-state index is 0.0598. The van der Waals surface area contributed by atoms with E-state index in [4.69, 9.17) is 9.73 Å². The van der Waals surface area contributed by atoms with Gasteiger partial charge in [-0.05, 0) is 36.1 Å². The first-order valence-electron chi connectivity index (χ1n) is 9.49. The fourth-order valence-corrected chi connectivity index (χ4v) is 4.32. The molecule has 2 fully saturated rings. The molecule has 0 spiro atoms. The van der Waals surface area contributed by atoms with Gasteiger partial charge >= 0.3 is 0 Å². The molecule has 0 radical (unpaired) electrons. The largest absolute Gasteiger partial charge is 0.497 e. The zero-order valence-corrected chi connectivity index (χ0v) is 15.8. The van der Waals surface area contributed by atoms with Gasteiger partial charge in [0.1, 0.15) is 17.6 Å². The van der Waals surface area contributed by atoms with Crippen LogP contribution in [-0.4, -0.2) is 38.2 Å². The summed E-state index contributed by atoms with van der Waals surface area (Å²) in [4.78, 5) is 18.6. The summed E-state index contributed by atoms with van der Waals surface area (Å²) in [5, 5.41) is 0. The number of carbonyl (C=O) groups excluding carboxylic acids is 1. The zero-order valence-electron chi connectivity index (χ0n) is 15.8. The van der Waals surface area contributed by atoms with Crippen molar-refractivity contribution < 1.29 is 14.4 Å². The lowest BCUT2D eigenvalue weighted by molar-refractivity contribution is -0.918. The predicted molar refractivity (Wildman–Crippen MR) is 101 cm³/mol. The zero-order chi connectivity index (χ0) is 17.9. The van der Waals surface area contributed by atoms with Gasteiger partial charge in [-0.15, -0.1) is 0 Å². The maximum Gasteiger partial charge on any atom is 0.139 e. The van der Waals surface area contributed by atoms with E-state index in [1.54, 1.807) is 12.0 Å². The molecule has 1 aromatic carbocycles. The summed E-state index contributed by atoms with van der Waals surface area (Å²) in [7, 11) is 1.70. The first kappa shape index (κ1) is 18.1.